The summed E-state index contributed by atoms with van der Waals surface area (Å²) >= 11 is 0. The molecule has 0 radical (unpaired) electrons. The summed E-state index contributed by atoms with van der Waals surface area (Å²) in [5, 5.41) is 32.8. The van der Waals surface area contributed by atoms with Crippen LogP contribution in [0.3, 0.4) is 0 Å². The van der Waals surface area contributed by atoms with Crippen LogP contribution in [0.25, 0.3) is 16.9 Å². The van der Waals surface area contributed by atoms with Gasteiger partial charge in [-0.1, -0.05) is 0 Å². The molecular formula is C21H17N5O5. The highest BCUT2D eigenvalue weighted by molar-refractivity contribution is 5.86. The number of rotatable bonds is 5. The number of aromatic hydroxyl groups is 3. The van der Waals surface area contributed by atoms with Gasteiger partial charge in [0.2, 0.25) is 11.6 Å². The molecule has 0 aliphatic rings. The average Bonchev–Trinajstić information content (AvgIpc) is 2.79. The maximum atomic E-state index is 13.1. The molecule has 0 aliphatic carbocycles. The molecule has 2 aromatic heterocycles. The summed E-state index contributed by atoms with van der Waals surface area (Å²) in [4.78, 5) is 21.7. The van der Waals surface area contributed by atoms with Crippen LogP contribution in [0.2, 0.25) is 0 Å². The molecule has 4 aromatic rings. The van der Waals surface area contributed by atoms with Gasteiger partial charge in [-0.15, -0.1) is 0 Å². The van der Waals surface area contributed by atoms with Gasteiger partial charge in [0.1, 0.15) is 11.3 Å². The second-order valence-electron chi connectivity index (χ2n) is 6.39. The third-order valence-corrected chi connectivity index (χ3v) is 4.48. The molecule has 4 rings (SSSR count). The lowest BCUT2D eigenvalue weighted by Crippen LogP contribution is -2.23. The zero-order chi connectivity index (χ0) is 22.0. The number of benzene rings is 2. The van der Waals surface area contributed by atoms with E-state index >= 15 is 0 Å². The summed E-state index contributed by atoms with van der Waals surface area (Å²) in [7, 11) is 1.55. The number of anilines is 1. The normalized spacial score (nSPS) is 11.1. The second-order valence-corrected chi connectivity index (χ2v) is 6.39. The molecule has 2 heterocycles. The number of nitrogens with one attached hydrogen (secondary N) is 1. The molecule has 0 saturated carbocycles. The highest BCUT2D eigenvalue weighted by Gasteiger charge is 2.14. The molecule has 4 N–H and O–H groups in total. The van der Waals surface area contributed by atoms with Crippen LogP contribution in [0.5, 0.6) is 23.0 Å². The first-order valence-electron chi connectivity index (χ1n) is 9.05. The number of phenolic OH excluding ortho intramolecular Hbond substituents is 3. The Hall–Kier alpha value is -4.60. The minimum atomic E-state index is -0.666. The van der Waals surface area contributed by atoms with Gasteiger partial charge in [0, 0.05) is 11.8 Å². The van der Waals surface area contributed by atoms with Crippen molar-refractivity contribution in [2.24, 2.45) is 5.10 Å². The number of phenols is 3. The molecule has 0 saturated heterocycles. The molecule has 156 valence electrons. The van der Waals surface area contributed by atoms with E-state index in [9.17, 15) is 20.1 Å². The van der Waals surface area contributed by atoms with Crippen LogP contribution in [0.1, 0.15) is 5.56 Å². The molecular weight excluding hydrogens is 402 g/mol. The molecule has 10 heteroatoms. The molecule has 2 aromatic carbocycles. The molecule has 0 fully saturated rings. The number of hydrogen-bond acceptors (Lipinski definition) is 9. The number of ether oxygens (including phenoxy) is 1. The Bertz CT molecular complexity index is 1350. The Morgan fingerprint density at radius 1 is 1.06 bits per heavy atom. The van der Waals surface area contributed by atoms with Crippen molar-refractivity contribution < 1.29 is 20.1 Å². The zero-order valence-electron chi connectivity index (χ0n) is 16.2. The first-order chi connectivity index (χ1) is 15.0. The number of hydrogen-bond donors (Lipinski definition) is 4. The quantitative estimate of drug-likeness (QED) is 0.219. The predicted molar refractivity (Wildman–Crippen MR) is 114 cm³/mol. The van der Waals surface area contributed by atoms with Crippen molar-refractivity contribution in [2.75, 3.05) is 12.5 Å². The summed E-state index contributed by atoms with van der Waals surface area (Å²) in [5.41, 5.74) is 3.58. The van der Waals surface area contributed by atoms with E-state index in [0.29, 0.717) is 22.6 Å². The van der Waals surface area contributed by atoms with Gasteiger partial charge in [-0.3, -0.25) is 14.8 Å². The maximum absolute atomic E-state index is 13.1. The van der Waals surface area contributed by atoms with E-state index in [1.54, 1.807) is 49.7 Å². The van der Waals surface area contributed by atoms with Crippen molar-refractivity contribution in [1.29, 1.82) is 0 Å². The van der Waals surface area contributed by atoms with Crippen molar-refractivity contribution >= 4 is 23.2 Å². The molecule has 10 nitrogen and oxygen atoms in total. The first kappa shape index (κ1) is 19.7. The van der Waals surface area contributed by atoms with E-state index in [1.807, 2.05) is 0 Å². The minimum absolute atomic E-state index is 0.0740. The summed E-state index contributed by atoms with van der Waals surface area (Å²) in [6.07, 6.45) is 2.75. The lowest BCUT2D eigenvalue weighted by Gasteiger charge is -2.11. The van der Waals surface area contributed by atoms with Crippen LogP contribution in [0.4, 0.5) is 5.82 Å². The molecule has 0 aliphatic heterocycles. The van der Waals surface area contributed by atoms with Gasteiger partial charge in [0.25, 0.3) is 0 Å². The molecule has 31 heavy (non-hydrogen) atoms. The second kappa shape index (κ2) is 8.03. The summed E-state index contributed by atoms with van der Waals surface area (Å²) < 4.78 is 6.56. The molecule has 0 unspecified atom stereocenters. The smallest absolute Gasteiger partial charge is 0.301 e. The number of methoxy groups -OCH3 is 1. The largest absolute Gasteiger partial charge is 0.504 e. The van der Waals surface area contributed by atoms with Gasteiger partial charge in [0.05, 0.1) is 19.0 Å². The first-order valence-corrected chi connectivity index (χ1v) is 9.05. The summed E-state index contributed by atoms with van der Waals surface area (Å²) in [5.74, 6) is -1.11. The SMILES string of the molecule is COc1ccc(-n2c(=O)c(N/N=C/c3ccc(O)c(O)c3O)nc3cccnc32)cc1. The topological polar surface area (TPSA) is 142 Å². The average molecular weight is 419 g/mol. The van der Waals surface area contributed by atoms with Crippen molar-refractivity contribution in [1.82, 2.24) is 14.5 Å². The van der Waals surface area contributed by atoms with E-state index in [4.69, 9.17) is 4.74 Å². The number of fused-ring (bicyclic) bond motifs is 1. The number of hydrazone groups is 1. The van der Waals surface area contributed by atoms with E-state index in [1.165, 1.54) is 22.9 Å². The van der Waals surface area contributed by atoms with Crippen molar-refractivity contribution in [2.45, 2.75) is 0 Å². The van der Waals surface area contributed by atoms with Crippen molar-refractivity contribution in [3.05, 3.63) is 70.6 Å². The van der Waals surface area contributed by atoms with Gasteiger partial charge in [0.15, 0.2) is 17.1 Å². The highest BCUT2D eigenvalue weighted by atomic mass is 16.5. The highest BCUT2D eigenvalue weighted by Crippen LogP contribution is 2.36. The summed E-state index contributed by atoms with van der Waals surface area (Å²) in [6, 6.07) is 12.8. The van der Waals surface area contributed by atoms with Gasteiger partial charge < -0.3 is 20.1 Å². The lowest BCUT2D eigenvalue weighted by atomic mass is 10.2. The fraction of sp³-hybridized carbons (Fsp3) is 0.0476. The fourth-order valence-corrected chi connectivity index (χ4v) is 2.91. The third kappa shape index (κ3) is 3.69. The lowest BCUT2D eigenvalue weighted by molar-refractivity contribution is 0.367. The fourth-order valence-electron chi connectivity index (χ4n) is 2.91. The minimum Gasteiger partial charge on any atom is -0.504 e. The molecule has 0 bridgehead atoms. The molecule has 0 amide bonds. The Balaban J connectivity index is 1.76. The van der Waals surface area contributed by atoms with Gasteiger partial charge in [-0.25, -0.2) is 9.97 Å². The zero-order valence-corrected chi connectivity index (χ0v) is 16.2. The van der Waals surface area contributed by atoms with Crippen molar-refractivity contribution in [3.8, 4) is 28.7 Å². The molecule has 0 atom stereocenters. The van der Waals surface area contributed by atoms with E-state index in [2.05, 4.69) is 20.5 Å². The third-order valence-electron chi connectivity index (χ3n) is 4.48. The Morgan fingerprint density at radius 3 is 2.58 bits per heavy atom. The Labute approximate surface area is 175 Å². The van der Waals surface area contributed by atoms with Crippen LogP contribution in [0, 0.1) is 0 Å². The number of nitrogens with zero attached hydrogens (tertiary/aromatic N) is 4. The van der Waals surface area contributed by atoms with Crippen LogP contribution in [-0.2, 0) is 0 Å². The van der Waals surface area contributed by atoms with Gasteiger partial charge in [-0.2, -0.15) is 5.10 Å². The van der Waals surface area contributed by atoms with E-state index in [-0.39, 0.29) is 11.4 Å². The van der Waals surface area contributed by atoms with Crippen molar-refractivity contribution in [3.63, 3.8) is 0 Å². The molecule has 0 spiro atoms. The van der Waals surface area contributed by atoms with Crippen LogP contribution in [-0.4, -0.2) is 43.2 Å². The van der Waals surface area contributed by atoms with Crippen LogP contribution in [0.15, 0.2) is 64.6 Å². The van der Waals surface area contributed by atoms with Gasteiger partial charge in [-0.05, 0) is 48.5 Å². The standard InChI is InChI=1S/C21H17N5O5/c1-31-14-7-5-13(6-8-14)26-20-15(3-2-10-22-20)24-19(21(26)30)25-23-11-12-4-9-16(27)18(29)17(12)28/h2-11,27-29H,1H3,(H,24,25)/b23-11+. The summed E-state index contributed by atoms with van der Waals surface area (Å²) in [6.45, 7) is 0. The van der Waals surface area contributed by atoms with E-state index < -0.39 is 22.8 Å². The van der Waals surface area contributed by atoms with Gasteiger partial charge >= 0.3 is 5.56 Å². The van der Waals surface area contributed by atoms with Crippen LogP contribution >= 0.6 is 0 Å². The predicted octanol–water partition coefficient (Wildman–Crippen LogP) is 2.35. The monoisotopic (exact) mass is 419 g/mol. The number of pyridine rings is 1. The number of aromatic nitrogens is 3. The van der Waals surface area contributed by atoms with E-state index in [0.717, 1.165) is 0 Å². The Morgan fingerprint density at radius 2 is 1.84 bits per heavy atom. The maximum Gasteiger partial charge on any atom is 0.301 e. The Kier molecular flexibility index (Phi) is 5.10. The van der Waals surface area contributed by atoms with Crippen LogP contribution < -0.4 is 15.7 Å².